The number of benzene rings is 2. The monoisotopic (exact) mass is 473 g/mol. The number of aliphatic imine (C=N–C) groups is 1. The molecule has 0 saturated carbocycles. The first-order valence-electron chi connectivity index (χ1n) is 10.7. The summed E-state index contributed by atoms with van der Waals surface area (Å²) in [6, 6.07) is 12.7. The Hall–Kier alpha value is -2.22. The van der Waals surface area contributed by atoms with Gasteiger partial charge in [0.2, 0.25) is 10.0 Å². The molecule has 1 fully saturated rings. The molecule has 2 aromatic rings. The molecular weight excluding hydrogens is 446 g/mol. The Labute approximate surface area is 194 Å². The summed E-state index contributed by atoms with van der Waals surface area (Å²) in [5.74, 6) is -0.213. The molecule has 8 heteroatoms. The molecule has 2 aromatic carbocycles. The highest BCUT2D eigenvalue weighted by molar-refractivity contribution is 7.89. The van der Waals surface area contributed by atoms with Crippen molar-refractivity contribution in [1.29, 1.82) is 0 Å². The zero-order valence-electron chi connectivity index (χ0n) is 18.8. The van der Waals surface area contributed by atoms with Crippen LogP contribution in [0.25, 0.3) is 0 Å². The van der Waals surface area contributed by atoms with Gasteiger partial charge in [0.15, 0.2) is 0 Å². The molecule has 0 aromatic heterocycles. The number of nitrogens with one attached hydrogen (secondary N) is 1. The first-order chi connectivity index (χ1) is 14.9. The van der Waals surface area contributed by atoms with Crippen LogP contribution in [0.5, 0.6) is 0 Å². The van der Waals surface area contributed by atoms with Crippen molar-refractivity contribution in [3.05, 3.63) is 64.2 Å². The first kappa shape index (κ1) is 23.0. The van der Waals surface area contributed by atoms with Gasteiger partial charge in [-0.25, -0.2) is 8.42 Å². The number of hydrogen-bond donors (Lipinski definition) is 1. The first-order valence-corrected chi connectivity index (χ1v) is 12.5. The maximum atomic E-state index is 13.1. The summed E-state index contributed by atoms with van der Waals surface area (Å²) < 4.78 is 27.6. The van der Waals surface area contributed by atoms with Crippen molar-refractivity contribution in [2.75, 3.05) is 13.1 Å². The lowest BCUT2D eigenvalue weighted by Gasteiger charge is -2.36. The molecule has 2 aliphatic rings. The number of carbonyl (C=O) groups is 1. The van der Waals surface area contributed by atoms with E-state index < -0.39 is 15.7 Å². The number of halogens is 1. The van der Waals surface area contributed by atoms with Crippen molar-refractivity contribution in [1.82, 2.24) is 9.62 Å². The fourth-order valence-electron chi connectivity index (χ4n) is 4.10. The van der Waals surface area contributed by atoms with E-state index in [1.54, 1.807) is 12.1 Å². The molecular formula is C24H28ClN3O3S. The molecule has 170 valence electrons. The Kier molecular flexibility index (Phi) is 5.72. The van der Waals surface area contributed by atoms with E-state index in [1.807, 2.05) is 31.2 Å². The van der Waals surface area contributed by atoms with Gasteiger partial charge in [0.05, 0.1) is 4.90 Å². The van der Waals surface area contributed by atoms with Gasteiger partial charge in [0.25, 0.3) is 5.91 Å². The summed E-state index contributed by atoms with van der Waals surface area (Å²) in [7, 11) is -3.66. The number of aryl methyl sites for hydroxylation is 1. The number of hydrogen-bond acceptors (Lipinski definition) is 4. The van der Waals surface area contributed by atoms with Crippen LogP contribution >= 0.6 is 11.6 Å². The van der Waals surface area contributed by atoms with Gasteiger partial charge < -0.3 is 5.32 Å². The van der Waals surface area contributed by atoms with Crippen molar-refractivity contribution in [3.63, 3.8) is 0 Å². The molecule has 0 radical (unpaired) electrons. The summed E-state index contributed by atoms with van der Waals surface area (Å²) >= 11 is 6.13. The van der Waals surface area contributed by atoms with Crippen LogP contribution in [0, 0.1) is 6.92 Å². The fraction of sp³-hybridized carbons (Fsp3) is 0.417. The van der Waals surface area contributed by atoms with Crippen LogP contribution in [0.4, 0.5) is 0 Å². The summed E-state index contributed by atoms with van der Waals surface area (Å²) in [6.07, 6.45) is 0.836. The zero-order chi connectivity index (χ0) is 23.3. The molecule has 0 unspecified atom stereocenters. The SMILES string of the molecule is Cc1ccc(S(=O)(=O)N2CCC3(CC2)N=C(c2ccc(C(C)(C)C)cc2)C(=O)N3)cc1Cl. The molecule has 0 atom stereocenters. The van der Waals surface area contributed by atoms with E-state index in [0.29, 0.717) is 23.6 Å². The Balaban J connectivity index is 1.52. The van der Waals surface area contributed by atoms with Gasteiger partial charge in [-0.15, -0.1) is 0 Å². The van der Waals surface area contributed by atoms with Gasteiger partial charge in [0, 0.05) is 36.5 Å². The Morgan fingerprint density at radius 1 is 1.06 bits per heavy atom. The third-order valence-electron chi connectivity index (χ3n) is 6.24. The lowest BCUT2D eigenvalue weighted by molar-refractivity contribution is -0.115. The van der Waals surface area contributed by atoms with Crippen molar-refractivity contribution in [3.8, 4) is 0 Å². The van der Waals surface area contributed by atoms with E-state index >= 15 is 0 Å². The Bertz CT molecular complexity index is 1190. The summed E-state index contributed by atoms with van der Waals surface area (Å²) in [4.78, 5) is 17.6. The number of amides is 1. The molecule has 2 heterocycles. The van der Waals surface area contributed by atoms with Crippen LogP contribution in [0.1, 0.15) is 50.3 Å². The molecule has 1 spiro atoms. The smallest absolute Gasteiger partial charge is 0.272 e. The molecule has 6 nitrogen and oxygen atoms in total. The van der Waals surface area contributed by atoms with Crippen LogP contribution in [0.15, 0.2) is 52.4 Å². The van der Waals surface area contributed by atoms with Gasteiger partial charge in [-0.05, 0) is 35.6 Å². The second kappa shape index (κ2) is 7.97. The van der Waals surface area contributed by atoms with Gasteiger partial charge in [-0.2, -0.15) is 4.31 Å². The number of sulfonamides is 1. The summed E-state index contributed by atoms with van der Waals surface area (Å²) in [6.45, 7) is 8.80. The van der Waals surface area contributed by atoms with E-state index in [2.05, 4.69) is 26.1 Å². The average Bonchev–Trinajstić information content (AvgIpc) is 3.05. The van der Waals surface area contributed by atoms with E-state index in [-0.39, 0.29) is 29.3 Å². The predicted molar refractivity (Wildman–Crippen MR) is 127 cm³/mol. The second-order valence-corrected chi connectivity index (χ2v) is 11.9. The molecule has 1 saturated heterocycles. The molecule has 1 N–H and O–H groups in total. The third kappa shape index (κ3) is 4.21. The molecule has 4 rings (SSSR count). The van der Waals surface area contributed by atoms with Crippen LogP contribution < -0.4 is 5.32 Å². The number of carbonyl (C=O) groups excluding carboxylic acids is 1. The molecule has 2 aliphatic heterocycles. The number of nitrogens with zero attached hydrogens (tertiary/aromatic N) is 2. The van der Waals surface area contributed by atoms with Gasteiger partial charge in [0.1, 0.15) is 11.4 Å². The second-order valence-electron chi connectivity index (χ2n) is 9.59. The van der Waals surface area contributed by atoms with E-state index in [4.69, 9.17) is 16.6 Å². The number of rotatable bonds is 3. The topological polar surface area (TPSA) is 78.8 Å². The molecule has 32 heavy (non-hydrogen) atoms. The van der Waals surface area contributed by atoms with E-state index in [9.17, 15) is 13.2 Å². The fourth-order valence-corrected chi connectivity index (χ4v) is 5.82. The van der Waals surface area contributed by atoms with Crippen molar-refractivity contribution in [2.24, 2.45) is 4.99 Å². The van der Waals surface area contributed by atoms with Crippen LogP contribution in [0.2, 0.25) is 5.02 Å². The van der Waals surface area contributed by atoms with Crippen LogP contribution in [-0.2, 0) is 20.2 Å². The highest BCUT2D eigenvalue weighted by atomic mass is 35.5. The lowest BCUT2D eigenvalue weighted by Crippen LogP contribution is -2.52. The average molecular weight is 474 g/mol. The normalized spacial score (nSPS) is 19.2. The quantitative estimate of drug-likeness (QED) is 0.730. The Morgan fingerprint density at radius 2 is 1.69 bits per heavy atom. The van der Waals surface area contributed by atoms with Crippen LogP contribution in [-0.4, -0.2) is 43.1 Å². The van der Waals surface area contributed by atoms with Crippen LogP contribution in [0.3, 0.4) is 0 Å². The predicted octanol–water partition coefficient (Wildman–Crippen LogP) is 4.05. The van der Waals surface area contributed by atoms with Gasteiger partial charge in [-0.1, -0.05) is 62.7 Å². The largest absolute Gasteiger partial charge is 0.326 e. The van der Waals surface area contributed by atoms with Crippen molar-refractivity contribution >= 4 is 33.2 Å². The summed E-state index contributed by atoms with van der Waals surface area (Å²) in [5, 5.41) is 3.43. The lowest BCUT2D eigenvalue weighted by atomic mass is 9.86. The maximum absolute atomic E-state index is 13.1. The van der Waals surface area contributed by atoms with Gasteiger partial charge in [-0.3, -0.25) is 9.79 Å². The maximum Gasteiger partial charge on any atom is 0.272 e. The zero-order valence-corrected chi connectivity index (χ0v) is 20.3. The van der Waals surface area contributed by atoms with E-state index in [1.165, 1.54) is 15.9 Å². The minimum Gasteiger partial charge on any atom is -0.326 e. The number of piperidine rings is 1. The van der Waals surface area contributed by atoms with E-state index in [0.717, 1.165) is 11.1 Å². The van der Waals surface area contributed by atoms with Crippen molar-refractivity contribution in [2.45, 2.75) is 56.5 Å². The molecule has 0 bridgehead atoms. The standard InChI is InChI=1S/C24H28ClN3O3S/c1-16-5-10-19(15-20(16)25)32(30,31)28-13-11-24(12-14-28)26-21(22(29)27-24)17-6-8-18(9-7-17)23(2,3)4/h5-10,15H,11-14H2,1-4H3,(H,27,29). The minimum atomic E-state index is -3.66. The summed E-state index contributed by atoms with van der Waals surface area (Å²) in [5.41, 5.74) is 2.47. The highest BCUT2D eigenvalue weighted by Gasteiger charge is 2.44. The highest BCUT2D eigenvalue weighted by Crippen LogP contribution is 2.32. The Morgan fingerprint density at radius 3 is 2.25 bits per heavy atom. The van der Waals surface area contributed by atoms with Crippen molar-refractivity contribution < 1.29 is 13.2 Å². The molecule has 0 aliphatic carbocycles. The van der Waals surface area contributed by atoms with Gasteiger partial charge >= 0.3 is 0 Å². The third-order valence-corrected chi connectivity index (χ3v) is 8.54. The minimum absolute atomic E-state index is 0.0273. The molecule has 1 amide bonds.